The Kier molecular flexibility index (Phi) is 10.3. The fourth-order valence-corrected chi connectivity index (χ4v) is 6.05. The Hall–Kier alpha value is -1.40. The van der Waals surface area contributed by atoms with E-state index in [0.29, 0.717) is 5.41 Å². The van der Waals surface area contributed by atoms with Crippen LogP contribution in [-0.4, -0.2) is 0 Å². The standard InChI is InChI=1S/C27H29.C9H13.2ClH.Zr/c1-16-7-9-26(3,4)24-12-18-11-19-13-25-21(17(2)8-10-27(25,5)6)15-23(19)22(18)14-20(16)24;1-9(2,3)8-6-4-5-7-8;;;/h7-9,12-15H,10-11H2,1-6H3;4-7H,1-3H3;2*1H;/q2*-1;;;+4/p-2. The van der Waals surface area contributed by atoms with Crippen LogP contribution in [0.15, 0.2) is 60.7 Å². The molecular weight excluding hydrogens is 595 g/mol. The molecular formula is C36H42Cl2Zr. The summed E-state index contributed by atoms with van der Waals surface area (Å²) in [5, 5.41) is 0. The summed E-state index contributed by atoms with van der Waals surface area (Å²) < 4.78 is 0. The molecule has 3 aliphatic carbocycles. The molecule has 3 aromatic rings. The molecule has 0 heterocycles. The SMILES string of the molecule is CC(C)(C)c1cc[cH-]c1.CC1=C[CH-]C(C)(C)c2cc3c(cc21)-c1cc2c(cc1C3)C(C)(C)CC=C2C.[Cl-].[Cl-].[Zr+4]. The van der Waals surface area contributed by atoms with Crippen molar-refractivity contribution in [3.8, 4) is 11.1 Å². The van der Waals surface area contributed by atoms with Gasteiger partial charge >= 0.3 is 26.2 Å². The van der Waals surface area contributed by atoms with E-state index >= 15 is 0 Å². The van der Waals surface area contributed by atoms with E-state index in [-0.39, 0.29) is 61.8 Å². The molecule has 0 unspecified atom stereocenters. The van der Waals surface area contributed by atoms with Gasteiger partial charge in [-0.2, -0.15) is 29.3 Å². The molecule has 3 aliphatic rings. The number of halogens is 2. The molecule has 0 atom stereocenters. The van der Waals surface area contributed by atoms with Crippen LogP contribution in [0.25, 0.3) is 22.3 Å². The normalized spacial score (nSPS) is 16.9. The fraction of sp³-hybridized carbons (Fsp3) is 0.389. The van der Waals surface area contributed by atoms with Crippen LogP contribution in [0.4, 0.5) is 0 Å². The van der Waals surface area contributed by atoms with Crippen molar-refractivity contribution in [1.29, 1.82) is 0 Å². The molecule has 0 bridgehead atoms. The maximum absolute atomic E-state index is 2.51. The van der Waals surface area contributed by atoms with Crippen LogP contribution in [0.1, 0.15) is 108 Å². The quantitative estimate of drug-likeness (QED) is 0.257. The molecule has 0 radical (unpaired) electrons. The van der Waals surface area contributed by atoms with Crippen molar-refractivity contribution in [3.63, 3.8) is 0 Å². The van der Waals surface area contributed by atoms with Gasteiger partial charge in [0, 0.05) is 0 Å². The molecule has 6 rings (SSSR count). The topological polar surface area (TPSA) is 0 Å². The maximum Gasteiger partial charge on any atom is 4.00 e. The first-order valence-corrected chi connectivity index (χ1v) is 13.6. The zero-order valence-corrected chi connectivity index (χ0v) is 29.0. The van der Waals surface area contributed by atoms with Crippen molar-refractivity contribution >= 4 is 11.1 Å². The molecule has 3 aromatic carbocycles. The Morgan fingerprint density at radius 2 is 1.33 bits per heavy atom. The van der Waals surface area contributed by atoms with Gasteiger partial charge in [-0.15, -0.1) is 12.5 Å². The van der Waals surface area contributed by atoms with E-state index in [0.717, 1.165) is 12.8 Å². The van der Waals surface area contributed by atoms with Crippen LogP contribution >= 0.6 is 0 Å². The molecule has 0 nitrogen and oxygen atoms in total. The molecule has 0 saturated carbocycles. The van der Waals surface area contributed by atoms with Gasteiger partial charge in [0.2, 0.25) is 0 Å². The van der Waals surface area contributed by atoms with E-state index < -0.39 is 0 Å². The monoisotopic (exact) mass is 634 g/mol. The molecule has 0 aliphatic heterocycles. The number of benzene rings is 2. The van der Waals surface area contributed by atoms with Crippen molar-refractivity contribution in [3.05, 3.63) is 106 Å². The Balaban J connectivity index is 0.000000384. The summed E-state index contributed by atoms with van der Waals surface area (Å²) in [5.74, 6) is 0. The van der Waals surface area contributed by atoms with E-state index in [1.807, 2.05) is 0 Å². The summed E-state index contributed by atoms with van der Waals surface area (Å²) in [6.45, 7) is 20.6. The zero-order valence-electron chi connectivity index (χ0n) is 25.0. The largest absolute Gasteiger partial charge is 4.00 e. The number of hydrogen-bond acceptors (Lipinski definition) is 0. The Morgan fingerprint density at radius 1 is 0.769 bits per heavy atom. The van der Waals surface area contributed by atoms with Crippen molar-refractivity contribution in [1.82, 2.24) is 0 Å². The second-order valence-corrected chi connectivity index (χ2v) is 13.4. The molecule has 0 fully saturated rings. The van der Waals surface area contributed by atoms with Gasteiger partial charge in [0.05, 0.1) is 0 Å². The number of fused-ring (bicyclic) bond motifs is 5. The van der Waals surface area contributed by atoms with Gasteiger partial charge in [-0.3, -0.25) is 0 Å². The first kappa shape index (κ1) is 33.8. The Morgan fingerprint density at radius 3 is 1.85 bits per heavy atom. The van der Waals surface area contributed by atoms with Crippen molar-refractivity contribution in [2.75, 3.05) is 0 Å². The zero-order chi connectivity index (χ0) is 26.0. The second-order valence-electron chi connectivity index (χ2n) is 13.4. The van der Waals surface area contributed by atoms with Gasteiger partial charge in [-0.1, -0.05) is 89.1 Å². The van der Waals surface area contributed by atoms with E-state index in [4.69, 9.17) is 0 Å². The molecule has 0 saturated heterocycles. The van der Waals surface area contributed by atoms with Gasteiger partial charge in [0.15, 0.2) is 0 Å². The van der Waals surface area contributed by atoms with Crippen molar-refractivity contribution < 1.29 is 51.0 Å². The van der Waals surface area contributed by atoms with Crippen LogP contribution in [0, 0.1) is 6.42 Å². The van der Waals surface area contributed by atoms with Crippen LogP contribution in [-0.2, 0) is 48.9 Å². The van der Waals surface area contributed by atoms with Crippen LogP contribution < -0.4 is 24.8 Å². The molecule has 0 aromatic heterocycles. The molecule has 0 N–H and O–H groups in total. The summed E-state index contributed by atoms with van der Waals surface area (Å²) in [7, 11) is 0. The number of hydrogen-bond donors (Lipinski definition) is 0. The maximum atomic E-state index is 2.51. The van der Waals surface area contributed by atoms with Crippen LogP contribution in [0.2, 0.25) is 0 Å². The Bertz CT molecular complexity index is 1310. The smallest absolute Gasteiger partial charge is 1.00 e. The third-order valence-electron chi connectivity index (χ3n) is 8.63. The molecule has 0 amide bonds. The summed E-state index contributed by atoms with van der Waals surface area (Å²) in [6.07, 6.45) is 9.28. The van der Waals surface area contributed by atoms with Crippen LogP contribution in [0.5, 0.6) is 0 Å². The molecule has 204 valence electrons. The fourth-order valence-electron chi connectivity index (χ4n) is 6.05. The summed E-state index contributed by atoms with van der Waals surface area (Å²) >= 11 is 0. The van der Waals surface area contributed by atoms with Gasteiger partial charge in [0.1, 0.15) is 0 Å². The third kappa shape index (κ3) is 6.27. The van der Waals surface area contributed by atoms with E-state index in [2.05, 4.69) is 129 Å². The average Bonchev–Trinajstić information content (AvgIpc) is 3.46. The summed E-state index contributed by atoms with van der Waals surface area (Å²) in [6, 6.07) is 18.5. The molecule has 0 spiro atoms. The average molecular weight is 637 g/mol. The van der Waals surface area contributed by atoms with E-state index in [9.17, 15) is 0 Å². The summed E-state index contributed by atoms with van der Waals surface area (Å²) in [5.41, 5.74) is 16.7. The third-order valence-corrected chi connectivity index (χ3v) is 8.63. The van der Waals surface area contributed by atoms with E-state index in [1.54, 1.807) is 0 Å². The van der Waals surface area contributed by atoms with E-state index in [1.165, 1.54) is 61.2 Å². The minimum atomic E-state index is 0. The first-order valence-electron chi connectivity index (χ1n) is 13.6. The molecule has 3 heteroatoms. The van der Waals surface area contributed by atoms with Gasteiger partial charge in [0.25, 0.3) is 0 Å². The predicted octanol–water partition coefficient (Wildman–Crippen LogP) is 3.95. The number of allylic oxidation sites excluding steroid dienone is 4. The van der Waals surface area contributed by atoms with Gasteiger partial charge in [-0.25, -0.2) is 18.6 Å². The predicted molar refractivity (Wildman–Crippen MR) is 158 cm³/mol. The van der Waals surface area contributed by atoms with Crippen LogP contribution in [0.3, 0.4) is 0 Å². The first-order chi connectivity index (χ1) is 16.8. The molecule has 39 heavy (non-hydrogen) atoms. The van der Waals surface area contributed by atoms with Gasteiger partial charge in [-0.05, 0) is 70.2 Å². The minimum Gasteiger partial charge on any atom is -1.00 e. The Labute approximate surface area is 269 Å². The summed E-state index contributed by atoms with van der Waals surface area (Å²) in [4.78, 5) is 0. The second kappa shape index (κ2) is 11.8. The van der Waals surface area contributed by atoms with Crippen molar-refractivity contribution in [2.45, 2.75) is 91.4 Å². The van der Waals surface area contributed by atoms with Crippen molar-refractivity contribution in [2.24, 2.45) is 0 Å². The minimum absolute atomic E-state index is 0. The van der Waals surface area contributed by atoms with Gasteiger partial charge < -0.3 is 24.8 Å². The number of rotatable bonds is 0.